The number of nitrogens with one attached hydrogen (secondary N) is 4. The van der Waals surface area contributed by atoms with Crippen molar-refractivity contribution >= 4 is 40.3 Å². The first kappa shape index (κ1) is 18.9. The molecule has 0 radical (unpaired) electrons. The van der Waals surface area contributed by atoms with Gasteiger partial charge in [0.15, 0.2) is 0 Å². The highest BCUT2D eigenvalue weighted by Gasteiger charge is 2.43. The van der Waals surface area contributed by atoms with E-state index in [0.29, 0.717) is 17.3 Å². The van der Waals surface area contributed by atoms with Gasteiger partial charge < -0.3 is 15.6 Å². The lowest BCUT2D eigenvalue weighted by Gasteiger charge is -2.21. The van der Waals surface area contributed by atoms with Crippen LogP contribution in [0.15, 0.2) is 42.7 Å². The van der Waals surface area contributed by atoms with Crippen molar-refractivity contribution in [3.8, 4) is 0 Å². The zero-order chi connectivity index (χ0) is 20.6. The Morgan fingerprint density at radius 1 is 1.24 bits per heavy atom. The van der Waals surface area contributed by atoms with Crippen LogP contribution in [0, 0.1) is 0 Å². The first-order chi connectivity index (χ1) is 13.8. The van der Waals surface area contributed by atoms with Crippen molar-refractivity contribution in [3.63, 3.8) is 0 Å². The van der Waals surface area contributed by atoms with E-state index in [4.69, 9.17) is 11.6 Å². The minimum atomic E-state index is -1.09. The smallest absolute Gasteiger partial charge is 0.322 e. The second-order valence-electron chi connectivity index (χ2n) is 7.05. The fourth-order valence-corrected chi connectivity index (χ4v) is 3.50. The largest absolute Gasteiger partial charge is 0.360 e. The minimum absolute atomic E-state index is 0.127. The maximum atomic E-state index is 12.3. The molecular formula is C20H18ClN5O3. The second-order valence-corrected chi connectivity index (χ2v) is 7.44. The van der Waals surface area contributed by atoms with Crippen molar-refractivity contribution in [3.05, 3.63) is 64.6 Å². The van der Waals surface area contributed by atoms with E-state index in [1.54, 1.807) is 37.5 Å². The van der Waals surface area contributed by atoms with E-state index in [2.05, 4.69) is 25.9 Å². The molecule has 1 aliphatic heterocycles. The summed E-state index contributed by atoms with van der Waals surface area (Å²) in [5.74, 6) is -0.519. The SMILES string of the molecule is CC1(c2ccc(CNC(=O)Cc3c[nH]c4cnc(Cl)cc34)cc2)NC(=O)NC1=O. The molecule has 9 heteroatoms. The molecule has 2 aromatic heterocycles. The number of benzene rings is 1. The molecule has 29 heavy (non-hydrogen) atoms. The Morgan fingerprint density at radius 3 is 2.69 bits per heavy atom. The Kier molecular flexibility index (Phi) is 4.71. The van der Waals surface area contributed by atoms with Crippen LogP contribution in [0.4, 0.5) is 4.79 Å². The van der Waals surface area contributed by atoms with Gasteiger partial charge in [0.1, 0.15) is 10.7 Å². The van der Waals surface area contributed by atoms with Crippen LogP contribution in [0.1, 0.15) is 23.6 Å². The molecular weight excluding hydrogens is 394 g/mol. The van der Waals surface area contributed by atoms with Crippen LogP contribution in [-0.4, -0.2) is 27.8 Å². The van der Waals surface area contributed by atoms with Gasteiger partial charge in [-0.25, -0.2) is 9.78 Å². The van der Waals surface area contributed by atoms with E-state index in [0.717, 1.165) is 22.0 Å². The van der Waals surface area contributed by atoms with Crippen molar-refractivity contribution in [1.82, 2.24) is 25.9 Å². The number of fused-ring (bicyclic) bond motifs is 1. The molecule has 0 saturated carbocycles. The van der Waals surface area contributed by atoms with E-state index < -0.39 is 17.5 Å². The predicted molar refractivity (Wildman–Crippen MR) is 107 cm³/mol. The number of hydrogen-bond acceptors (Lipinski definition) is 4. The highest BCUT2D eigenvalue weighted by atomic mass is 35.5. The maximum absolute atomic E-state index is 12.3. The molecule has 1 atom stereocenters. The third kappa shape index (κ3) is 3.66. The number of aromatic amines is 1. The van der Waals surface area contributed by atoms with Crippen molar-refractivity contribution < 1.29 is 14.4 Å². The van der Waals surface area contributed by atoms with Crippen molar-refractivity contribution in [2.75, 3.05) is 0 Å². The van der Waals surface area contributed by atoms with E-state index in [1.165, 1.54) is 0 Å². The van der Waals surface area contributed by atoms with Crippen LogP contribution in [0.5, 0.6) is 0 Å². The highest BCUT2D eigenvalue weighted by molar-refractivity contribution is 6.30. The number of H-pyrrole nitrogens is 1. The Labute approximate surface area is 171 Å². The van der Waals surface area contributed by atoms with Gasteiger partial charge in [-0.3, -0.25) is 14.9 Å². The van der Waals surface area contributed by atoms with Crippen LogP contribution in [-0.2, 0) is 28.1 Å². The maximum Gasteiger partial charge on any atom is 0.322 e. The monoisotopic (exact) mass is 411 g/mol. The molecule has 148 valence electrons. The molecule has 1 unspecified atom stereocenters. The number of aromatic nitrogens is 2. The van der Waals surface area contributed by atoms with Gasteiger partial charge in [-0.2, -0.15) is 0 Å². The number of carbonyl (C=O) groups excluding carboxylic acids is 3. The van der Waals surface area contributed by atoms with Gasteiger partial charge in [0.05, 0.1) is 18.1 Å². The number of halogens is 1. The van der Waals surface area contributed by atoms with Gasteiger partial charge in [0.25, 0.3) is 5.91 Å². The van der Waals surface area contributed by atoms with Gasteiger partial charge in [-0.1, -0.05) is 35.9 Å². The normalized spacial score (nSPS) is 18.6. The quantitative estimate of drug-likeness (QED) is 0.380. The lowest BCUT2D eigenvalue weighted by atomic mass is 9.91. The molecule has 0 aliphatic carbocycles. The molecule has 3 heterocycles. The molecule has 3 aromatic rings. The number of amides is 4. The molecule has 1 aliphatic rings. The predicted octanol–water partition coefficient (Wildman–Crippen LogP) is 2.13. The summed E-state index contributed by atoms with van der Waals surface area (Å²) < 4.78 is 0. The van der Waals surface area contributed by atoms with Gasteiger partial charge in [0, 0.05) is 18.1 Å². The van der Waals surface area contributed by atoms with E-state index in [1.807, 2.05) is 12.1 Å². The number of imide groups is 1. The number of urea groups is 1. The number of rotatable bonds is 5. The third-order valence-electron chi connectivity index (χ3n) is 5.04. The lowest BCUT2D eigenvalue weighted by Crippen LogP contribution is -2.40. The summed E-state index contributed by atoms with van der Waals surface area (Å²) in [6, 6.07) is 8.38. The van der Waals surface area contributed by atoms with Crippen molar-refractivity contribution in [2.24, 2.45) is 0 Å². The Balaban J connectivity index is 1.39. The first-order valence-electron chi connectivity index (χ1n) is 8.96. The van der Waals surface area contributed by atoms with E-state index >= 15 is 0 Å². The summed E-state index contributed by atoms with van der Waals surface area (Å²) in [6.45, 7) is 1.99. The summed E-state index contributed by atoms with van der Waals surface area (Å²) in [5.41, 5.74) is 2.11. The molecule has 1 aromatic carbocycles. The van der Waals surface area contributed by atoms with Crippen LogP contribution in [0.25, 0.3) is 10.9 Å². The third-order valence-corrected chi connectivity index (χ3v) is 5.24. The van der Waals surface area contributed by atoms with Gasteiger partial charge in [0.2, 0.25) is 5.91 Å². The van der Waals surface area contributed by atoms with Gasteiger partial charge in [-0.05, 0) is 29.7 Å². The fourth-order valence-electron chi connectivity index (χ4n) is 3.34. The van der Waals surface area contributed by atoms with Gasteiger partial charge in [-0.15, -0.1) is 0 Å². The zero-order valence-corrected chi connectivity index (χ0v) is 16.3. The summed E-state index contributed by atoms with van der Waals surface area (Å²) in [6.07, 6.45) is 3.62. The Bertz CT molecular complexity index is 1120. The first-order valence-corrected chi connectivity index (χ1v) is 9.34. The summed E-state index contributed by atoms with van der Waals surface area (Å²) in [7, 11) is 0. The van der Waals surface area contributed by atoms with Crippen LogP contribution in [0.2, 0.25) is 5.15 Å². The number of hydrogen-bond donors (Lipinski definition) is 4. The van der Waals surface area contributed by atoms with Crippen LogP contribution in [0.3, 0.4) is 0 Å². The lowest BCUT2D eigenvalue weighted by molar-refractivity contribution is -0.123. The average molecular weight is 412 g/mol. The van der Waals surface area contributed by atoms with Crippen molar-refractivity contribution in [2.45, 2.75) is 25.4 Å². The van der Waals surface area contributed by atoms with Crippen molar-refractivity contribution in [1.29, 1.82) is 0 Å². The minimum Gasteiger partial charge on any atom is -0.360 e. The zero-order valence-electron chi connectivity index (χ0n) is 15.5. The fraction of sp³-hybridized carbons (Fsp3) is 0.200. The molecule has 0 bridgehead atoms. The topological polar surface area (TPSA) is 116 Å². The summed E-state index contributed by atoms with van der Waals surface area (Å²) >= 11 is 5.94. The molecule has 4 N–H and O–H groups in total. The van der Waals surface area contributed by atoms with Gasteiger partial charge >= 0.3 is 6.03 Å². The average Bonchev–Trinajstić information content (AvgIpc) is 3.20. The number of carbonyl (C=O) groups is 3. The number of pyridine rings is 1. The Morgan fingerprint density at radius 2 is 2.00 bits per heavy atom. The highest BCUT2D eigenvalue weighted by Crippen LogP contribution is 2.24. The van der Waals surface area contributed by atoms with E-state index in [9.17, 15) is 14.4 Å². The molecule has 0 spiro atoms. The summed E-state index contributed by atoms with van der Waals surface area (Å²) in [5, 5.41) is 8.99. The van der Waals surface area contributed by atoms with Crippen LogP contribution >= 0.6 is 11.6 Å². The molecule has 8 nitrogen and oxygen atoms in total. The standard InChI is InChI=1S/C20H18ClN5O3/c1-20(18(28)25-19(29)26-20)13-4-2-11(3-5-13)8-24-17(27)6-12-9-22-15-10-23-16(21)7-14(12)15/h2-5,7,9-10,22H,6,8H2,1H3,(H,24,27)(H2,25,26,28,29). The molecule has 4 amide bonds. The Hall–Kier alpha value is -3.39. The molecule has 1 fully saturated rings. The summed E-state index contributed by atoms with van der Waals surface area (Å²) in [4.78, 5) is 42.8. The van der Waals surface area contributed by atoms with E-state index in [-0.39, 0.29) is 12.3 Å². The molecule has 4 rings (SSSR count). The van der Waals surface area contributed by atoms with Crippen LogP contribution < -0.4 is 16.0 Å². The number of nitrogens with zero attached hydrogens (tertiary/aromatic N) is 1. The molecule has 1 saturated heterocycles. The second kappa shape index (κ2) is 7.21.